The van der Waals surface area contributed by atoms with Crippen molar-refractivity contribution in [2.45, 2.75) is 18.2 Å². The van der Waals surface area contributed by atoms with E-state index in [1.807, 2.05) is 19.1 Å². The van der Waals surface area contributed by atoms with Gasteiger partial charge in [0.1, 0.15) is 5.75 Å². The molecule has 0 fully saturated rings. The Morgan fingerprint density at radius 2 is 1.73 bits per heavy atom. The SMILES string of the molecule is CCc1ccccc1NC(=O)CS(=O)(=O)c1ccc(Cl)cc1. The zero-order chi connectivity index (χ0) is 16.2. The molecule has 0 heterocycles. The van der Waals surface area contributed by atoms with E-state index >= 15 is 0 Å². The number of para-hydroxylation sites is 1. The molecule has 1 N–H and O–H groups in total. The Labute approximate surface area is 135 Å². The normalized spacial score (nSPS) is 11.2. The van der Waals surface area contributed by atoms with Crippen LogP contribution < -0.4 is 5.32 Å². The molecule has 22 heavy (non-hydrogen) atoms. The number of hydrogen-bond donors (Lipinski definition) is 1. The topological polar surface area (TPSA) is 63.2 Å². The average molecular weight is 338 g/mol. The van der Waals surface area contributed by atoms with E-state index in [0.29, 0.717) is 10.7 Å². The number of anilines is 1. The summed E-state index contributed by atoms with van der Waals surface area (Å²) in [5.41, 5.74) is 1.60. The van der Waals surface area contributed by atoms with Gasteiger partial charge in [0.25, 0.3) is 0 Å². The van der Waals surface area contributed by atoms with Gasteiger partial charge in [-0.2, -0.15) is 0 Å². The molecule has 0 aliphatic carbocycles. The van der Waals surface area contributed by atoms with Crippen molar-refractivity contribution in [2.75, 3.05) is 11.1 Å². The molecule has 4 nitrogen and oxygen atoms in total. The minimum Gasteiger partial charge on any atom is -0.325 e. The maximum atomic E-state index is 12.2. The van der Waals surface area contributed by atoms with E-state index in [4.69, 9.17) is 11.6 Å². The first-order valence-electron chi connectivity index (χ1n) is 6.78. The lowest BCUT2D eigenvalue weighted by Gasteiger charge is -2.10. The molecule has 1 amide bonds. The van der Waals surface area contributed by atoms with Gasteiger partial charge >= 0.3 is 0 Å². The number of aryl methyl sites for hydroxylation is 1. The van der Waals surface area contributed by atoms with Gasteiger partial charge in [0.05, 0.1) is 4.90 Å². The zero-order valence-corrected chi connectivity index (χ0v) is 13.6. The molecule has 0 unspecified atom stereocenters. The van der Waals surface area contributed by atoms with Crippen LogP contribution in [0, 0.1) is 0 Å². The van der Waals surface area contributed by atoms with E-state index in [-0.39, 0.29) is 4.90 Å². The fourth-order valence-electron chi connectivity index (χ4n) is 2.03. The number of rotatable bonds is 5. The summed E-state index contributed by atoms with van der Waals surface area (Å²) < 4.78 is 24.4. The minimum absolute atomic E-state index is 0.0795. The first-order valence-corrected chi connectivity index (χ1v) is 8.81. The van der Waals surface area contributed by atoms with E-state index in [0.717, 1.165) is 12.0 Å². The third-order valence-corrected chi connectivity index (χ3v) is 5.05. The third kappa shape index (κ3) is 4.08. The van der Waals surface area contributed by atoms with Crippen LogP contribution in [0.2, 0.25) is 5.02 Å². The minimum atomic E-state index is -3.69. The highest BCUT2D eigenvalue weighted by Gasteiger charge is 2.19. The van der Waals surface area contributed by atoms with Crippen molar-refractivity contribution in [3.8, 4) is 0 Å². The van der Waals surface area contributed by atoms with Gasteiger partial charge in [-0.25, -0.2) is 8.42 Å². The van der Waals surface area contributed by atoms with Gasteiger partial charge in [0, 0.05) is 10.7 Å². The van der Waals surface area contributed by atoms with E-state index in [1.54, 1.807) is 12.1 Å². The molecular weight excluding hydrogens is 322 g/mol. The molecule has 0 aliphatic rings. The second-order valence-electron chi connectivity index (χ2n) is 4.77. The van der Waals surface area contributed by atoms with Gasteiger partial charge in [-0.05, 0) is 42.3 Å². The summed E-state index contributed by atoms with van der Waals surface area (Å²) in [6, 6.07) is 13.1. The lowest BCUT2D eigenvalue weighted by molar-refractivity contribution is -0.113. The number of benzene rings is 2. The van der Waals surface area contributed by atoms with Gasteiger partial charge in [-0.15, -0.1) is 0 Å². The Balaban J connectivity index is 2.13. The van der Waals surface area contributed by atoms with Crippen LogP contribution in [-0.4, -0.2) is 20.1 Å². The van der Waals surface area contributed by atoms with E-state index < -0.39 is 21.5 Å². The van der Waals surface area contributed by atoms with Crippen LogP contribution in [0.4, 0.5) is 5.69 Å². The molecular formula is C16H16ClNO3S. The number of carbonyl (C=O) groups excluding carboxylic acids is 1. The second kappa shape index (κ2) is 6.94. The van der Waals surface area contributed by atoms with Crippen LogP contribution in [0.15, 0.2) is 53.4 Å². The first kappa shape index (κ1) is 16.5. The van der Waals surface area contributed by atoms with Crippen LogP contribution in [0.25, 0.3) is 0 Å². The predicted octanol–water partition coefficient (Wildman–Crippen LogP) is 3.31. The molecule has 2 aromatic rings. The Morgan fingerprint density at radius 1 is 1.09 bits per heavy atom. The van der Waals surface area contributed by atoms with E-state index in [9.17, 15) is 13.2 Å². The smallest absolute Gasteiger partial charge is 0.239 e. The van der Waals surface area contributed by atoms with Gasteiger partial charge in [-0.1, -0.05) is 36.7 Å². The maximum Gasteiger partial charge on any atom is 0.239 e. The molecule has 0 radical (unpaired) electrons. The number of sulfone groups is 1. The van der Waals surface area contributed by atoms with E-state index in [2.05, 4.69) is 5.32 Å². The number of amides is 1. The van der Waals surface area contributed by atoms with E-state index in [1.165, 1.54) is 24.3 Å². The summed E-state index contributed by atoms with van der Waals surface area (Å²) in [6.45, 7) is 1.97. The van der Waals surface area contributed by atoms with Crippen LogP contribution in [0.5, 0.6) is 0 Å². The fraction of sp³-hybridized carbons (Fsp3) is 0.188. The monoisotopic (exact) mass is 337 g/mol. The van der Waals surface area contributed by atoms with Crippen molar-refractivity contribution >= 4 is 33.0 Å². The number of halogens is 1. The molecule has 0 aromatic heterocycles. The molecule has 2 aromatic carbocycles. The number of carbonyl (C=O) groups is 1. The van der Waals surface area contributed by atoms with Crippen molar-refractivity contribution in [3.05, 3.63) is 59.1 Å². The Bertz CT molecular complexity index is 770. The van der Waals surface area contributed by atoms with Crippen LogP contribution >= 0.6 is 11.6 Å². The standard InChI is InChI=1S/C16H16ClNO3S/c1-2-12-5-3-4-6-15(12)18-16(19)11-22(20,21)14-9-7-13(17)8-10-14/h3-10H,2,11H2,1H3,(H,18,19). The summed E-state index contributed by atoms with van der Waals surface area (Å²) in [4.78, 5) is 12.1. The summed E-state index contributed by atoms with van der Waals surface area (Å²) in [6.07, 6.45) is 0.750. The van der Waals surface area contributed by atoms with Gasteiger partial charge in [0.2, 0.25) is 5.91 Å². The van der Waals surface area contributed by atoms with Gasteiger partial charge in [0.15, 0.2) is 9.84 Å². The lowest BCUT2D eigenvalue weighted by Crippen LogP contribution is -2.23. The van der Waals surface area contributed by atoms with Gasteiger partial charge in [-0.3, -0.25) is 4.79 Å². The first-order chi connectivity index (χ1) is 10.4. The second-order valence-corrected chi connectivity index (χ2v) is 7.20. The lowest BCUT2D eigenvalue weighted by atomic mass is 10.1. The van der Waals surface area contributed by atoms with Crippen molar-refractivity contribution in [2.24, 2.45) is 0 Å². The van der Waals surface area contributed by atoms with Crippen LogP contribution in [-0.2, 0) is 21.1 Å². The number of hydrogen-bond acceptors (Lipinski definition) is 3. The molecule has 0 aliphatic heterocycles. The molecule has 0 atom stereocenters. The molecule has 2 rings (SSSR count). The fourth-order valence-corrected chi connectivity index (χ4v) is 3.30. The highest BCUT2D eigenvalue weighted by molar-refractivity contribution is 7.92. The largest absolute Gasteiger partial charge is 0.325 e. The maximum absolute atomic E-state index is 12.2. The number of nitrogens with one attached hydrogen (secondary N) is 1. The van der Waals surface area contributed by atoms with Crippen LogP contribution in [0.1, 0.15) is 12.5 Å². The summed E-state index contributed by atoms with van der Waals surface area (Å²) in [5, 5.41) is 3.10. The average Bonchev–Trinajstić information content (AvgIpc) is 2.47. The summed E-state index contributed by atoms with van der Waals surface area (Å²) in [7, 11) is -3.69. The summed E-state index contributed by atoms with van der Waals surface area (Å²) in [5.74, 6) is -1.16. The Morgan fingerprint density at radius 3 is 2.36 bits per heavy atom. The molecule has 0 bridgehead atoms. The Kier molecular flexibility index (Phi) is 5.21. The van der Waals surface area contributed by atoms with Crippen molar-refractivity contribution in [1.82, 2.24) is 0 Å². The molecule has 0 saturated heterocycles. The van der Waals surface area contributed by atoms with Crippen LogP contribution in [0.3, 0.4) is 0 Å². The highest BCUT2D eigenvalue weighted by Crippen LogP contribution is 2.18. The molecule has 0 spiro atoms. The van der Waals surface area contributed by atoms with Crippen molar-refractivity contribution in [1.29, 1.82) is 0 Å². The quantitative estimate of drug-likeness (QED) is 0.910. The Hall–Kier alpha value is -1.85. The van der Waals surface area contributed by atoms with Crippen molar-refractivity contribution in [3.63, 3.8) is 0 Å². The van der Waals surface area contributed by atoms with Gasteiger partial charge < -0.3 is 5.32 Å². The summed E-state index contributed by atoms with van der Waals surface area (Å²) >= 11 is 5.73. The van der Waals surface area contributed by atoms with Crippen molar-refractivity contribution < 1.29 is 13.2 Å². The highest BCUT2D eigenvalue weighted by atomic mass is 35.5. The molecule has 6 heteroatoms. The molecule has 116 valence electrons. The molecule has 0 saturated carbocycles. The third-order valence-electron chi connectivity index (χ3n) is 3.17. The zero-order valence-electron chi connectivity index (χ0n) is 12.0. The predicted molar refractivity (Wildman–Crippen MR) is 88.0 cm³/mol.